The Hall–Kier alpha value is -3.92. The number of anilines is 4. The molecule has 0 saturated carbocycles. The lowest BCUT2D eigenvalue weighted by Gasteiger charge is -2.28. The minimum atomic E-state index is -3.75. The summed E-state index contributed by atoms with van der Waals surface area (Å²) in [5.41, 5.74) is 3.55. The van der Waals surface area contributed by atoms with Gasteiger partial charge in [-0.25, -0.2) is 18.4 Å². The molecule has 1 aliphatic heterocycles. The number of aromatic nitrogens is 3. The highest BCUT2D eigenvalue weighted by Gasteiger charge is 2.16. The number of benzene rings is 2. The molecule has 0 radical (unpaired) electrons. The second-order valence-corrected chi connectivity index (χ2v) is 10.5. The minimum absolute atomic E-state index is 0.159. The predicted molar refractivity (Wildman–Crippen MR) is 140 cm³/mol. The van der Waals surface area contributed by atoms with Crippen molar-refractivity contribution in [2.45, 2.75) is 38.0 Å². The van der Waals surface area contributed by atoms with Gasteiger partial charge < -0.3 is 14.6 Å². The predicted octanol–water partition coefficient (Wildman–Crippen LogP) is 5.28. The fourth-order valence-corrected chi connectivity index (χ4v) is 5.22. The standard InChI is InChI=1S/C26H28N6O3S/c1-18-16-25(32-14-4-3-5-15-32)30-26(27-18)29-21-8-10-22(11-9-21)31-36(33,34)23-12-6-20(7-13-23)24-17-35-19(2)28-24/h6-13,16-17,31H,3-5,14-15H2,1-2H3,(H,27,29,30). The van der Waals surface area contributed by atoms with E-state index in [1.54, 1.807) is 61.7 Å². The van der Waals surface area contributed by atoms with Crippen LogP contribution in [0, 0.1) is 13.8 Å². The first-order valence-corrected chi connectivity index (χ1v) is 13.4. The maximum absolute atomic E-state index is 12.9. The molecular weight excluding hydrogens is 476 g/mol. The summed E-state index contributed by atoms with van der Waals surface area (Å²) in [5, 5.41) is 3.23. The number of piperidine rings is 1. The molecule has 2 aromatic heterocycles. The van der Waals surface area contributed by atoms with Crippen LogP contribution in [0.15, 0.2) is 70.2 Å². The van der Waals surface area contributed by atoms with Gasteiger partial charge in [0.15, 0.2) is 5.89 Å². The van der Waals surface area contributed by atoms with E-state index in [0.717, 1.165) is 35.9 Å². The Morgan fingerprint density at radius 1 is 0.861 bits per heavy atom. The smallest absolute Gasteiger partial charge is 0.261 e. The van der Waals surface area contributed by atoms with Crippen molar-refractivity contribution in [2.75, 3.05) is 28.0 Å². The second kappa shape index (κ2) is 9.98. The van der Waals surface area contributed by atoms with Gasteiger partial charge in [0.1, 0.15) is 17.8 Å². The largest absolute Gasteiger partial charge is 0.449 e. The van der Waals surface area contributed by atoms with Crippen molar-refractivity contribution in [2.24, 2.45) is 0 Å². The summed E-state index contributed by atoms with van der Waals surface area (Å²) in [6.07, 6.45) is 5.15. The van der Waals surface area contributed by atoms with E-state index in [9.17, 15) is 8.42 Å². The molecule has 0 bridgehead atoms. The Labute approximate surface area is 210 Å². The Kier molecular flexibility index (Phi) is 6.60. The molecule has 0 aliphatic carbocycles. The van der Waals surface area contributed by atoms with Crippen molar-refractivity contribution in [3.8, 4) is 11.3 Å². The number of hydrogen-bond donors (Lipinski definition) is 2. The fourth-order valence-electron chi connectivity index (χ4n) is 4.16. The van der Waals surface area contributed by atoms with Gasteiger partial charge in [-0.1, -0.05) is 12.1 Å². The van der Waals surface area contributed by atoms with E-state index < -0.39 is 10.0 Å². The van der Waals surface area contributed by atoms with E-state index in [-0.39, 0.29) is 4.90 Å². The molecule has 10 heteroatoms. The number of oxazole rings is 1. The van der Waals surface area contributed by atoms with Gasteiger partial charge in [0, 0.05) is 48.7 Å². The van der Waals surface area contributed by atoms with Gasteiger partial charge in [-0.15, -0.1) is 0 Å². The highest BCUT2D eigenvalue weighted by Crippen LogP contribution is 2.25. The molecule has 5 rings (SSSR count). The van der Waals surface area contributed by atoms with E-state index >= 15 is 0 Å². The summed E-state index contributed by atoms with van der Waals surface area (Å²) in [4.78, 5) is 15.9. The van der Waals surface area contributed by atoms with Crippen LogP contribution in [0.3, 0.4) is 0 Å². The normalized spacial score (nSPS) is 14.0. The summed E-state index contributed by atoms with van der Waals surface area (Å²) in [6.45, 7) is 5.73. The molecule has 2 aromatic carbocycles. The van der Waals surface area contributed by atoms with Gasteiger partial charge in [-0.2, -0.15) is 4.98 Å². The number of sulfonamides is 1. The van der Waals surface area contributed by atoms with E-state index in [0.29, 0.717) is 23.2 Å². The molecule has 2 N–H and O–H groups in total. The fraction of sp³-hybridized carbons (Fsp3) is 0.269. The van der Waals surface area contributed by atoms with Crippen LogP contribution in [0.1, 0.15) is 30.8 Å². The average molecular weight is 505 g/mol. The monoisotopic (exact) mass is 504 g/mol. The third-order valence-corrected chi connectivity index (χ3v) is 7.39. The highest BCUT2D eigenvalue weighted by atomic mass is 32.2. The Morgan fingerprint density at radius 2 is 1.56 bits per heavy atom. The summed E-state index contributed by atoms with van der Waals surface area (Å²) < 4.78 is 33.6. The van der Waals surface area contributed by atoms with Crippen LogP contribution in [0.25, 0.3) is 11.3 Å². The van der Waals surface area contributed by atoms with Crippen LogP contribution in [-0.4, -0.2) is 36.5 Å². The van der Waals surface area contributed by atoms with Crippen molar-refractivity contribution in [1.29, 1.82) is 0 Å². The molecule has 1 saturated heterocycles. The maximum Gasteiger partial charge on any atom is 0.261 e. The third-order valence-electron chi connectivity index (χ3n) is 5.99. The van der Waals surface area contributed by atoms with E-state index in [1.807, 2.05) is 13.0 Å². The average Bonchev–Trinajstić information content (AvgIpc) is 3.32. The van der Waals surface area contributed by atoms with Crippen LogP contribution in [0.5, 0.6) is 0 Å². The Morgan fingerprint density at radius 3 is 2.22 bits per heavy atom. The van der Waals surface area contributed by atoms with Crippen LogP contribution in [-0.2, 0) is 10.0 Å². The van der Waals surface area contributed by atoms with Gasteiger partial charge >= 0.3 is 0 Å². The summed E-state index contributed by atoms with van der Waals surface area (Å²) >= 11 is 0. The third kappa shape index (κ3) is 5.49. The first-order chi connectivity index (χ1) is 17.4. The lowest BCUT2D eigenvalue weighted by molar-refractivity contribution is 0.521. The van der Waals surface area contributed by atoms with Crippen molar-refractivity contribution in [3.05, 3.63) is 72.4 Å². The highest BCUT2D eigenvalue weighted by molar-refractivity contribution is 7.92. The Bertz CT molecular complexity index is 1440. The van der Waals surface area contributed by atoms with Crippen molar-refractivity contribution >= 4 is 33.2 Å². The van der Waals surface area contributed by atoms with Crippen molar-refractivity contribution < 1.29 is 12.8 Å². The lowest BCUT2D eigenvalue weighted by atomic mass is 10.1. The zero-order valence-corrected chi connectivity index (χ0v) is 21.0. The van der Waals surface area contributed by atoms with E-state index in [4.69, 9.17) is 4.42 Å². The molecule has 1 fully saturated rings. The second-order valence-electron chi connectivity index (χ2n) is 8.82. The molecule has 0 atom stereocenters. The number of rotatable bonds is 7. The van der Waals surface area contributed by atoms with Gasteiger partial charge in [0.2, 0.25) is 5.95 Å². The zero-order chi connectivity index (χ0) is 25.1. The van der Waals surface area contributed by atoms with Crippen LogP contribution >= 0.6 is 0 Å². The number of hydrogen-bond acceptors (Lipinski definition) is 8. The molecule has 186 valence electrons. The SMILES string of the molecule is Cc1cc(N2CCCCC2)nc(Nc2ccc(NS(=O)(=O)c3ccc(-c4coc(C)n4)cc3)cc2)n1. The van der Waals surface area contributed by atoms with E-state index in [1.165, 1.54) is 19.3 Å². The van der Waals surface area contributed by atoms with Crippen LogP contribution in [0.4, 0.5) is 23.1 Å². The molecule has 4 aromatic rings. The van der Waals surface area contributed by atoms with Gasteiger partial charge in [-0.05, 0) is 62.6 Å². The Balaban J connectivity index is 1.26. The first kappa shape index (κ1) is 23.8. The van der Waals surface area contributed by atoms with Gasteiger partial charge in [0.25, 0.3) is 10.0 Å². The van der Waals surface area contributed by atoms with Gasteiger partial charge in [0.05, 0.1) is 4.90 Å². The van der Waals surface area contributed by atoms with Gasteiger partial charge in [-0.3, -0.25) is 4.72 Å². The minimum Gasteiger partial charge on any atom is -0.449 e. The molecule has 1 aliphatic rings. The topological polar surface area (TPSA) is 113 Å². The van der Waals surface area contributed by atoms with Crippen LogP contribution in [0.2, 0.25) is 0 Å². The molecule has 9 nitrogen and oxygen atoms in total. The quantitative estimate of drug-likeness (QED) is 0.349. The number of nitrogens with zero attached hydrogens (tertiary/aromatic N) is 4. The van der Waals surface area contributed by atoms with Crippen molar-refractivity contribution in [1.82, 2.24) is 15.0 Å². The molecule has 36 heavy (non-hydrogen) atoms. The van der Waals surface area contributed by atoms with Crippen LogP contribution < -0.4 is 14.9 Å². The number of nitrogens with one attached hydrogen (secondary N) is 2. The first-order valence-electron chi connectivity index (χ1n) is 11.9. The molecule has 0 unspecified atom stereocenters. The molecule has 3 heterocycles. The molecule has 0 spiro atoms. The zero-order valence-electron chi connectivity index (χ0n) is 20.2. The van der Waals surface area contributed by atoms with Crippen molar-refractivity contribution in [3.63, 3.8) is 0 Å². The molecule has 0 amide bonds. The number of aryl methyl sites for hydroxylation is 2. The molecular formula is C26H28N6O3S. The summed E-state index contributed by atoms with van der Waals surface area (Å²) in [6, 6.07) is 15.5. The van der Waals surface area contributed by atoms with E-state index in [2.05, 4.69) is 29.9 Å². The maximum atomic E-state index is 12.9. The lowest BCUT2D eigenvalue weighted by Crippen LogP contribution is -2.30. The summed E-state index contributed by atoms with van der Waals surface area (Å²) in [7, 11) is -3.75. The summed E-state index contributed by atoms with van der Waals surface area (Å²) in [5.74, 6) is 2.00.